The van der Waals surface area contributed by atoms with Crippen LogP contribution in [0.4, 0.5) is 5.69 Å². The second kappa shape index (κ2) is 8.39. The van der Waals surface area contributed by atoms with E-state index in [9.17, 15) is 4.79 Å². The van der Waals surface area contributed by atoms with Gasteiger partial charge in [0, 0.05) is 10.7 Å². The summed E-state index contributed by atoms with van der Waals surface area (Å²) < 4.78 is 6.62. The molecule has 26 heavy (non-hydrogen) atoms. The molecule has 0 spiro atoms. The molecular weight excluding hydrogens is 397 g/mol. The fraction of sp³-hybridized carbons (Fsp3) is 0.125. The number of thioether (sulfide) groups is 1. The summed E-state index contributed by atoms with van der Waals surface area (Å²) in [5, 5.41) is 15.8. The van der Waals surface area contributed by atoms with Gasteiger partial charge in [-0.15, -0.1) is 5.10 Å². The summed E-state index contributed by atoms with van der Waals surface area (Å²) in [6.07, 6.45) is 0. The number of halogens is 2. The molecule has 0 atom stereocenters. The van der Waals surface area contributed by atoms with Gasteiger partial charge in [0.15, 0.2) is 0 Å². The Hall–Kier alpha value is -2.29. The monoisotopic (exact) mass is 409 g/mol. The normalized spacial score (nSPS) is 10.6. The summed E-state index contributed by atoms with van der Waals surface area (Å²) in [6.45, 7) is 0. The van der Waals surface area contributed by atoms with Crippen LogP contribution in [0.1, 0.15) is 0 Å². The third kappa shape index (κ3) is 4.46. The van der Waals surface area contributed by atoms with Crippen LogP contribution >= 0.6 is 35.0 Å². The van der Waals surface area contributed by atoms with Gasteiger partial charge in [0.1, 0.15) is 5.75 Å². The van der Waals surface area contributed by atoms with Crippen molar-refractivity contribution in [2.45, 2.75) is 5.16 Å². The lowest BCUT2D eigenvalue weighted by atomic mass is 10.3. The van der Waals surface area contributed by atoms with E-state index in [-0.39, 0.29) is 11.7 Å². The van der Waals surface area contributed by atoms with E-state index in [1.54, 1.807) is 47.1 Å². The van der Waals surface area contributed by atoms with Gasteiger partial charge in [-0.05, 0) is 52.9 Å². The summed E-state index contributed by atoms with van der Waals surface area (Å²) in [5.41, 5.74) is 1.34. The molecule has 7 nitrogen and oxygen atoms in total. The average Bonchev–Trinajstić information content (AvgIpc) is 3.09. The number of amides is 1. The maximum absolute atomic E-state index is 12.2. The summed E-state index contributed by atoms with van der Waals surface area (Å²) in [6, 6.07) is 12.1. The Labute approximate surface area is 163 Å². The molecular formula is C16H13Cl2N5O2S. The summed E-state index contributed by atoms with van der Waals surface area (Å²) in [5.74, 6) is 0.473. The number of ether oxygens (including phenoxy) is 1. The van der Waals surface area contributed by atoms with E-state index < -0.39 is 0 Å². The molecule has 0 bridgehead atoms. The van der Waals surface area contributed by atoms with Gasteiger partial charge >= 0.3 is 0 Å². The van der Waals surface area contributed by atoms with E-state index >= 15 is 0 Å². The van der Waals surface area contributed by atoms with Gasteiger partial charge in [-0.2, -0.15) is 4.68 Å². The average molecular weight is 410 g/mol. The molecule has 10 heteroatoms. The Morgan fingerprint density at radius 3 is 2.69 bits per heavy atom. The van der Waals surface area contributed by atoms with E-state index in [2.05, 4.69) is 20.8 Å². The predicted molar refractivity (Wildman–Crippen MR) is 102 cm³/mol. The van der Waals surface area contributed by atoms with Gasteiger partial charge < -0.3 is 10.1 Å². The standard InChI is InChI=1S/C16H13Cl2N5O2S/c1-25-14-7-4-11(8-13(14)18)19-15(24)9-26-16-20-21-22-23(16)12-5-2-10(17)3-6-12/h2-8H,9H2,1H3,(H,19,24). The van der Waals surface area contributed by atoms with Gasteiger partial charge in [-0.3, -0.25) is 4.79 Å². The lowest BCUT2D eigenvalue weighted by Crippen LogP contribution is -2.14. The van der Waals surface area contributed by atoms with E-state index in [0.717, 1.165) is 5.69 Å². The number of carbonyl (C=O) groups excluding carboxylic acids is 1. The van der Waals surface area contributed by atoms with Crippen LogP contribution in [0.3, 0.4) is 0 Å². The highest BCUT2D eigenvalue weighted by molar-refractivity contribution is 7.99. The molecule has 1 aromatic heterocycles. The van der Waals surface area contributed by atoms with E-state index in [1.807, 2.05) is 0 Å². The van der Waals surface area contributed by atoms with E-state index in [1.165, 1.54) is 18.9 Å². The van der Waals surface area contributed by atoms with Crippen molar-refractivity contribution < 1.29 is 9.53 Å². The van der Waals surface area contributed by atoms with Crippen LogP contribution in [0.15, 0.2) is 47.6 Å². The highest BCUT2D eigenvalue weighted by Gasteiger charge is 2.12. The number of tetrazole rings is 1. The molecule has 1 N–H and O–H groups in total. The predicted octanol–water partition coefficient (Wildman–Crippen LogP) is 3.71. The number of hydrogen-bond donors (Lipinski definition) is 1. The van der Waals surface area contributed by atoms with Crippen LogP contribution in [0.25, 0.3) is 5.69 Å². The van der Waals surface area contributed by atoms with Crippen molar-refractivity contribution in [1.29, 1.82) is 0 Å². The van der Waals surface area contributed by atoms with Crippen molar-refractivity contribution in [3.63, 3.8) is 0 Å². The van der Waals surface area contributed by atoms with Gasteiger partial charge in [0.2, 0.25) is 11.1 Å². The topological polar surface area (TPSA) is 81.9 Å². The number of methoxy groups -OCH3 is 1. The molecule has 0 aliphatic carbocycles. The summed E-state index contributed by atoms with van der Waals surface area (Å²) >= 11 is 13.2. The van der Waals surface area contributed by atoms with Crippen molar-refractivity contribution in [2.24, 2.45) is 0 Å². The SMILES string of the molecule is COc1ccc(NC(=O)CSc2nnnn2-c2ccc(Cl)cc2)cc1Cl. The maximum Gasteiger partial charge on any atom is 0.234 e. The number of nitrogens with one attached hydrogen (secondary N) is 1. The Kier molecular flexibility index (Phi) is 5.97. The number of hydrogen-bond acceptors (Lipinski definition) is 6. The van der Waals surface area contributed by atoms with Crippen molar-refractivity contribution in [2.75, 3.05) is 18.2 Å². The van der Waals surface area contributed by atoms with Crippen LogP contribution < -0.4 is 10.1 Å². The molecule has 0 saturated carbocycles. The zero-order valence-corrected chi connectivity index (χ0v) is 15.8. The first kappa shape index (κ1) is 18.5. The molecule has 134 valence electrons. The molecule has 1 heterocycles. The first-order chi connectivity index (χ1) is 12.6. The van der Waals surface area contributed by atoms with Crippen molar-refractivity contribution >= 4 is 46.6 Å². The first-order valence-electron chi connectivity index (χ1n) is 7.37. The lowest BCUT2D eigenvalue weighted by molar-refractivity contribution is -0.113. The second-order valence-corrected chi connectivity index (χ2v) is 6.82. The number of nitrogens with zero attached hydrogens (tertiary/aromatic N) is 4. The molecule has 0 radical (unpaired) electrons. The quantitative estimate of drug-likeness (QED) is 0.624. The zero-order valence-electron chi connectivity index (χ0n) is 13.5. The van der Waals surface area contributed by atoms with Crippen molar-refractivity contribution in [1.82, 2.24) is 20.2 Å². The molecule has 3 aromatic rings. The van der Waals surface area contributed by atoms with E-state index in [0.29, 0.717) is 26.6 Å². The van der Waals surface area contributed by atoms with Crippen molar-refractivity contribution in [3.05, 3.63) is 52.5 Å². The fourth-order valence-electron chi connectivity index (χ4n) is 2.08. The highest BCUT2D eigenvalue weighted by atomic mass is 35.5. The number of carbonyl (C=O) groups is 1. The Morgan fingerprint density at radius 2 is 2.00 bits per heavy atom. The largest absolute Gasteiger partial charge is 0.495 e. The van der Waals surface area contributed by atoms with E-state index in [4.69, 9.17) is 27.9 Å². The maximum atomic E-state index is 12.2. The molecule has 2 aromatic carbocycles. The number of anilines is 1. The zero-order chi connectivity index (χ0) is 18.5. The third-order valence-corrected chi connectivity index (χ3v) is 4.75. The smallest absolute Gasteiger partial charge is 0.234 e. The first-order valence-corrected chi connectivity index (χ1v) is 9.11. The third-order valence-electron chi connectivity index (χ3n) is 3.28. The minimum Gasteiger partial charge on any atom is -0.495 e. The molecule has 0 unspecified atom stereocenters. The molecule has 3 rings (SSSR count). The van der Waals surface area contributed by atoms with Crippen LogP contribution in [0.2, 0.25) is 10.0 Å². The minimum atomic E-state index is -0.207. The molecule has 0 fully saturated rings. The summed E-state index contributed by atoms with van der Waals surface area (Å²) in [4.78, 5) is 12.2. The van der Waals surface area contributed by atoms with Gasteiger partial charge in [-0.1, -0.05) is 35.0 Å². The molecule has 1 amide bonds. The van der Waals surface area contributed by atoms with Crippen LogP contribution in [-0.4, -0.2) is 39.0 Å². The highest BCUT2D eigenvalue weighted by Crippen LogP contribution is 2.27. The van der Waals surface area contributed by atoms with Gasteiger partial charge in [-0.25, -0.2) is 0 Å². The molecule has 0 saturated heterocycles. The van der Waals surface area contributed by atoms with Crippen molar-refractivity contribution in [3.8, 4) is 11.4 Å². The number of benzene rings is 2. The Morgan fingerprint density at radius 1 is 1.23 bits per heavy atom. The van der Waals surface area contributed by atoms with Crippen LogP contribution in [-0.2, 0) is 4.79 Å². The Bertz CT molecular complexity index is 917. The van der Waals surface area contributed by atoms with Crippen LogP contribution in [0.5, 0.6) is 5.75 Å². The van der Waals surface area contributed by atoms with Crippen LogP contribution in [0, 0.1) is 0 Å². The Balaban J connectivity index is 1.63. The summed E-state index contributed by atoms with van der Waals surface area (Å²) in [7, 11) is 1.53. The van der Waals surface area contributed by atoms with Gasteiger partial charge in [0.05, 0.1) is 23.6 Å². The fourth-order valence-corrected chi connectivity index (χ4v) is 3.16. The second-order valence-electron chi connectivity index (χ2n) is 5.04. The van der Waals surface area contributed by atoms with Gasteiger partial charge in [0.25, 0.3) is 0 Å². The number of aromatic nitrogens is 4. The number of rotatable bonds is 6. The lowest BCUT2D eigenvalue weighted by Gasteiger charge is -2.08. The molecule has 0 aliphatic heterocycles. The molecule has 0 aliphatic rings. The minimum absolute atomic E-state index is 0.137.